The highest BCUT2D eigenvalue weighted by molar-refractivity contribution is 7.92. The summed E-state index contributed by atoms with van der Waals surface area (Å²) in [7, 11) is -4.13. The van der Waals surface area contributed by atoms with Gasteiger partial charge in [-0.1, -0.05) is 37.3 Å². The Labute approximate surface area is 204 Å². The van der Waals surface area contributed by atoms with Gasteiger partial charge in [0.05, 0.1) is 17.5 Å². The van der Waals surface area contributed by atoms with E-state index in [0.29, 0.717) is 16.9 Å². The smallest absolute Gasteiger partial charge is 0.355 e. The van der Waals surface area contributed by atoms with Gasteiger partial charge in [0.15, 0.2) is 0 Å². The number of sulfonamides is 1. The minimum atomic E-state index is -4.69. The van der Waals surface area contributed by atoms with Gasteiger partial charge in [0.1, 0.15) is 12.6 Å². The number of benzene rings is 2. The van der Waals surface area contributed by atoms with Gasteiger partial charge < -0.3 is 10.2 Å². The normalized spacial score (nSPS) is 12.7. The molecule has 0 aromatic heterocycles. The van der Waals surface area contributed by atoms with E-state index in [9.17, 15) is 31.2 Å². The Hall–Kier alpha value is -3.08. The molecule has 35 heavy (non-hydrogen) atoms. The zero-order chi connectivity index (χ0) is 26.4. The molecule has 0 unspecified atom stereocenters. The van der Waals surface area contributed by atoms with Crippen molar-refractivity contribution in [1.82, 2.24) is 10.2 Å². The Kier molecular flexibility index (Phi) is 9.31. The number of hydrogen-bond acceptors (Lipinski definition) is 4. The third kappa shape index (κ3) is 7.45. The first-order chi connectivity index (χ1) is 16.3. The van der Waals surface area contributed by atoms with Gasteiger partial charge in [0.25, 0.3) is 0 Å². The molecule has 0 aliphatic carbocycles. The molecule has 192 valence electrons. The Bertz CT molecular complexity index is 1150. The number of carbonyl (C=O) groups excluding carboxylic acids is 2. The molecule has 0 saturated heterocycles. The second-order valence-electron chi connectivity index (χ2n) is 8.08. The van der Waals surface area contributed by atoms with Gasteiger partial charge in [-0.2, -0.15) is 13.2 Å². The summed E-state index contributed by atoms with van der Waals surface area (Å²) in [6.07, 6.45) is -3.62. The monoisotopic (exact) mass is 513 g/mol. The Morgan fingerprint density at radius 3 is 2.26 bits per heavy atom. The van der Waals surface area contributed by atoms with Crippen molar-refractivity contribution in [3.8, 4) is 0 Å². The zero-order valence-corrected chi connectivity index (χ0v) is 20.9. The highest BCUT2D eigenvalue weighted by Gasteiger charge is 2.34. The summed E-state index contributed by atoms with van der Waals surface area (Å²) < 4.78 is 65.4. The number of nitrogens with zero attached hydrogens (tertiary/aromatic N) is 2. The number of anilines is 1. The summed E-state index contributed by atoms with van der Waals surface area (Å²) in [6.45, 7) is 4.90. The maximum atomic E-state index is 13.5. The fourth-order valence-electron chi connectivity index (χ4n) is 3.63. The number of rotatable bonds is 10. The molecule has 0 spiro atoms. The van der Waals surface area contributed by atoms with E-state index in [4.69, 9.17) is 0 Å². The molecule has 7 nitrogen and oxygen atoms in total. The van der Waals surface area contributed by atoms with Crippen molar-refractivity contribution in [3.05, 3.63) is 65.2 Å². The molecule has 0 aliphatic rings. The SMILES string of the molecule is CCNC(=O)[C@H](CC)N(Cc1ccccc1C)C(=O)CN(c1cccc(C(F)(F)F)c1)S(C)(=O)=O. The fraction of sp³-hybridized carbons (Fsp3) is 0.417. The van der Waals surface area contributed by atoms with Crippen LogP contribution in [0.3, 0.4) is 0 Å². The standard InChI is InChI=1S/C24H30F3N3O4S/c1-5-21(23(32)28-6-2)29(15-18-11-8-7-10-17(18)3)22(31)16-30(35(4,33)34)20-13-9-12-19(14-20)24(25,26)27/h7-14,21H,5-6,15-16H2,1-4H3,(H,28,32)/t21-/m0/s1. The van der Waals surface area contributed by atoms with E-state index >= 15 is 0 Å². The quantitative estimate of drug-likeness (QED) is 0.525. The summed E-state index contributed by atoms with van der Waals surface area (Å²) in [5.74, 6) is -1.11. The third-order valence-electron chi connectivity index (χ3n) is 5.48. The molecule has 11 heteroatoms. The number of likely N-dealkylation sites (N-methyl/N-ethyl adjacent to an activating group) is 1. The van der Waals surface area contributed by atoms with Crippen LogP contribution in [0.1, 0.15) is 37.0 Å². The zero-order valence-electron chi connectivity index (χ0n) is 20.1. The lowest BCUT2D eigenvalue weighted by atomic mass is 10.1. The van der Waals surface area contributed by atoms with Crippen molar-refractivity contribution in [3.63, 3.8) is 0 Å². The van der Waals surface area contributed by atoms with Crippen LogP contribution in [-0.2, 0) is 32.3 Å². The third-order valence-corrected chi connectivity index (χ3v) is 6.62. The largest absolute Gasteiger partial charge is 0.416 e. The van der Waals surface area contributed by atoms with Crippen molar-refractivity contribution in [2.75, 3.05) is 23.7 Å². The molecule has 0 saturated carbocycles. The number of carbonyl (C=O) groups is 2. The minimum absolute atomic E-state index is 0.0291. The summed E-state index contributed by atoms with van der Waals surface area (Å²) in [6, 6.07) is 10.1. The Morgan fingerprint density at radius 1 is 1.06 bits per heavy atom. The molecule has 2 aromatic carbocycles. The first-order valence-corrected chi connectivity index (χ1v) is 12.9. The number of hydrogen-bond donors (Lipinski definition) is 1. The predicted octanol–water partition coefficient (Wildman–Crippen LogP) is 3.72. The first-order valence-electron chi connectivity index (χ1n) is 11.1. The molecular formula is C24H30F3N3O4S. The summed E-state index contributed by atoms with van der Waals surface area (Å²) in [5, 5.41) is 2.68. The average Bonchev–Trinajstić information content (AvgIpc) is 2.77. The number of nitrogens with one attached hydrogen (secondary N) is 1. The van der Waals surface area contributed by atoms with Crippen molar-refractivity contribution in [1.29, 1.82) is 0 Å². The lowest BCUT2D eigenvalue weighted by Gasteiger charge is -2.33. The molecule has 0 bridgehead atoms. The number of alkyl halides is 3. The lowest BCUT2D eigenvalue weighted by Crippen LogP contribution is -2.52. The van der Waals surface area contributed by atoms with E-state index in [1.54, 1.807) is 26.0 Å². The topological polar surface area (TPSA) is 86.8 Å². The van der Waals surface area contributed by atoms with E-state index in [-0.39, 0.29) is 18.7 Å². The average molecular weight is 514 g/mol. The van der Waals surface area contributed by atoms with Crippen molar-refractivity contribution in [2.24, 2.45) is 0 Å². The molecule has 2 amide bonds. The van der Waals surface area contributed by atoms with E-state index in [0.717, 1.165) is 29.5 Å². The van der Waals surface area contributed by atoms with Gasteiger partial charge in [-0.3, -0.25) is 13.9 Å². The Morgan fingerprint density at radius 2 is 1.71 bits per heavy atom. The maximum Gasteiger partial charge on any atom is 0.416 e. The fourth-order valence-corrected chi connectivity index (χ4v) is 4.48. The molecule has 2 aromatic rings. The van der Waals surface area contributed by atoms with Crippen LogP contribution in [-0.4, -0.2) is 50.5 Å². The summed E-state index contributed by atoms with van der Waals surface area (Å²) >= 11 is 0. The molecule has 0 fully saturated rings. The second-order valence-corrected chi connectivity index (χ2v) is 9.99. The molecule has 0 heterocycles. The lowest BCUT2D eigenvalue weighted by molar-refractivity contribution is -0.140. The second kappa shape index (κ2) is 11.6. The Balaban J connectivity index is 2.50. The van der Waals surface area contributed by atoms with E-state index in [1.165, 1.54) is 11.0 Å². The molecule has 1 atom stereocenters. The van der Waals surface area contributed by atoms with E-state index < -0.39 is 46.2 Å². The number of halogens is 3. The molecule has 1 N–H and O–H groups in total. The maximum absolute atomic E-state index is 13.5. The van der Waals surface area contributed by atoms with E-state index in [1.807, 2.05) is 19.1 Å². The van der Waals surface area contributed by atoms with Crippen LogP contribution in [0.5, 0.6) is 0 Å². The molecule has 0 radical (unpaired) electrons. The minimum Gasteiger partial charge on any atom is -0.355 e. The summed E-state index contributed by atoms with van der Waals surface area (Å²) in [5.41, 5.74) is 0.293. The molecule has 0 aliphatic heterocycles. The van der Waals surface area contributed by atoms with Gasteiger partial charge in [0.2, 0.25) is 21.8 Å². The number of aryl methyl sites for hydroxylation is 1. The van der Waals surface area contributed by atoms with Crippen molar-refractivity contribution < 1.29 is 31.2 Å². The van der Waals surface area contributed by atoms with Crippen molar-refractivity contribution >= 4 is 27.5 Å². The van der Waals surface area contributed by atoms with Gasteiger partial charge >= 0.3 is 6.18 Å². The van der Waals surface area contributed by atoms with Crippen LogP contribution >= 0.6 is 0 Å². The predicted molar refractivity (Wildman–Crippen MR) is 128 cm³/mol. The van der Waals surface area contributed by atoms with Crippen molar-refractivity contribution in [2.45, 2.75) is 46.0 Å². The molecular weight excluding hydrogens is 483 g/mol. The molecule has 2 rings (SSSR count). The van der Waals surface area contributed by atoms with Crippen LogP contribution in [0.4, 0.5) is 18.9 Å². The summed E-state index contributed by atoms with van der Waals surface area (Å²) in [4.78, 5) is 27.5. The highest BCUT2D eigenvalue weighted by Crippen LogP contribution is 2.32. The van der Waals surface area contributed by atoms with Crippen LogP contribution in [0.2, 0.25) is 0 Å². The highest BCUT2D eigenvalue weighted by atomic mass is 32.2. The number of amides is 2. The first kappa shape index (κ1) is 28.2. The van der Waals surface area contributed by atoms with E-state index in [2.05, 4.69) is 5.32 Å². The van der Waals surface area contributed by atoms with Gasteiger partial charge in [-0.25, -0.2) is 8.42 Å². The van der Waals surface area contributed by atoms with Crippen LogP contribution in [0, 0.1) is 6.92 Å². The van der Waals surface area contributed by atoms with Crippen LogP contribution in [0.15, 0.2) is 48.5 Å². The van der Waals surface area contributed by atoms with Gasteiger partial charge in [-0.15, -0.1) is 0 Å². The van der Waals surface area contributed by atoms with Gasteiger partial charge in [-0.05, 0) is 49.6 Å². The van der Waals surface area contributed by atoms with Crippen LogP contribution in [0.25, 0.3) is 0 Å². The van der Waals surface area contributed by atoms with Crippen LogP contribution < -0.4 is 9.62 Å². The van der Waals surface area contributed by atoms with Gasteiger partial charge in [0, 0.05) is 13.1 Å².